The molecule has 0 aliphatic carbocycles. The second-order valence-electron chi connectivity index (χ2n) is 7.31. The Balaban J connectivity index is 1.60. The summed E-state index contributed by atoms with van der Waals surface area (Å²) in [4.78, 5) is 35.3. The number of amides is 2. The minimum Gasteiger partial charge on any atom is -0.497 e. The summed E-state index contributed by atoms with van der Waals surface area (Å²) in [5.41, 5.74) is 1.68. The van der Waals surface area contributed by atoms with Crippen molar-refractivity contribution in [2.75, 3.05) is 13.7 Å². The first-order chi connectivity index (χ1) is 15.5. The van der Waals surface area contributed by atoms with E-state index in [9.17, 15) is 19.5 Å². The first kappa shape index (κ1) is 24.7. The fourth-order valence-electron chi connectivity index (χ4n) is 3.05. The van der Waals surface area contributed by atoms with Gasteiger partial charge in [-0.1, -0.05) is 48.9 Å². The lowest BCUT2D eigenvalue weighted by Crippen LogP contribution is -2.42. The van der Waals surface area contributed by atoms with Crippen LogP contribution in [0.5, 0.6) is 5.75 Å². The van der Waals surface area contributed by atoms with Gasteiger partial charge in [0.25, 0.3) is 0 Å². The van der Waals surface area contributed by atoms with Crippen molar-refractivity contribution in [2.24, 2.45) is 0 Å². The molecule has 2 aromatic carbocycles. The van der Waals surface area contributed by atoms with Gasteiger partial charge in [0.05, 0.1) is 7.11 Å². The molecule has 0 aromatic heterocycles. The van der Waals surface area contributed by atoms with Crippen LogP contribution < -0.4 is 15.4 Å². The summed E-state index contributed by atoms with van der Waals surface area (Å²) >= 11 is 0. The van der Waals surface area contributed by atoms with E-state index in [1.165, 1.54) is 0 Å². The third kappa shape index (κ3) is 9.51. The zero-order chi connectivity index (χ0) is 23.2. The molecule has 172 valence electrons. The number of unbranched alkanes of at least 4 members (excludes halogenated alkanes) is 2. The van der Waals surface area contributed by atoms with Crippen LogP contribution in [0.1, 0.15) is 36.8 Å². The number of hydrogen-bond acceptors (Lipinski definition) is 5. The minimum atomic E-state index is -1.08. The molecular formula is C24H30N2O6. The van der Waals surface area contributed by atoms with E-state index in [0.717, 1.165) is 17.5 Å². The Morgan fingerprint density at radius 3 is 2.44 bits per heavy atom. The van der Waals surface area contributed by atoms with E-state index in [0.29, 0.717) is 25.1 Å². The number of alkyl carbamates (subject to hydrolysis) is 1. The maximum absolute atomic E-state index is 12.1. The Bertz CT molecular complexity index is 872. The fourth-order valence-corrected chi connectivity index (χ4v) is 3.05. The Morgan fingerprint density at radius 1 is 0.969 bits per heavy atom. The molecule has 0 saturated carbocycles. The molecule has 0 unspecified atom stereocenters. The Kier molecular flexibility index (Phi) is 10.6. The number of carboxylic acid groups (broad SMARTS) is 1. The molecule has 0 bridgehead atoms. The van der Waals surface area contributed by atoms with Crippen LogP contribution in [-0.4, -0.2) is 42.8 Å². The molecule has 1 atom stereocenters. The van der Waals surface area contributed by atoms with Gasteiger partial charge in [-0.15, -0.1) is 0 Å². The van der Waals surface area contributed by atoms with Crippen molar-refractivity contribution < 1.29 is 29.0 Å². The van der Waals surface area contributed by atoms with Gasteiger partial charge in [-0.2, -0.15) is 0 Å². The summed E-state index contributed by atoms with van der Waals surface area (Å²) in [6, 6.07) is 15.5. The largest absolute Gasteiger partial charge is 0.497 e. The average molecular weight is 443 g/mol. The molecule has 2 amide bonds. The van der Waals surface area contributed by atoms with Gasteiger partial charge >= 0.3 is 12.1 Å². The Labute approximate surface area is 187 Å². The van der Waals surface area contributed by atoms with Gasteiger partial charge in [0.2, 0.25) is 5.91 Å². The molecule has 8 heteroatoms. The van der Waals surface area contributed by atoms with Crippen molar-refractivity contribution >= 4 is 18.0 Å². The molecule has 0 radical (unpaired) electrons. The standard InChI is InChI=1S/C24H30N2O6/c1-31-20-12-8-11-19(15-20)16-21(23(28)29)26-22(27)13-6-3-7-14-25-24(30)32-17-18-9-4-2-5-10-18/h2,4-5,8-12,15,21H,3,6-7,13-14,16-17H2,1H3,(H,25,30)(H,26,27)(H,28,29)/t21-/m0/s1. The van der Waals surface area contributed by atoms with Crippen molar-refractivity contribution in [3.63, 3.8) is 0 Å². The van der Waals surface area contributed by atoms with Crippen molar-refractivity contribution in [3.05, 3.63) is 65.7 Å². The average Bonchev–Trinajstić information content (AvgIpc) is 2.80. The number of ether oxygens (including phenoxy) is 2. The van der Waals surface area contributed by atoms with Gasteiger partial charge in [-0.3, -0.25) is 4.79 Å². The molecule has 3 N–H and O–H groups in total. The van der Waals surface area contributed by atoms with Crippen molar-refractivity contribution in [1.82, 2.24) is 10.6 Å². The van der Waals surface area contributed by atoms with Gasteiger partial charge in [0, 0.05) is 19.4 Å². The lowest BCUT2D eigenvalue weighted by Gasteiger charge is -2.15. The highest BCUT2D eigenvalue weighted by molar-refractivity contribution is 5.83. The fraction of sp³-hybridized carbons (Fsp3) is 0.375. The molecule has 0 saturated heterocycles. The van der Waals surface area contributed by atoms with E-state index in [4.69, 9.17) is 9.47 Å². The van der Waals surface area contributed by atoms with Crippen LogP contribution in [0.2, 0.25) is 0 Å². The predicted octanol–water partition coefficient (Wildman–Crippen LogP) is 3.29. The third-order valence-electron chi connectivity index (χ3n) is 4.77. The summed E-state index contributed by atoms with van der Waals surface area (Å²) in [6.07, 6.45) is 1.93. The molecular weight excluding hydrogens is 412 g/mol. The van der Waals surface area contributed by atoms with Gasteiger partial charge in [0.1, 0.15) is 18.4 Å². The van der Waals surface area contributed by atoms with Crippen LogP contribution in [0.3, 0.4) is 0 Å². The van der Waals surface area contributed by atoms with Crippen LogP contribution in [0, 0.1) is 0 Å². The van der Waals surface area contributed by atoms with E-state index in [-0.39, 0.29) is 25.4 Å². The number of methoxy groups -OCH3 is 1. The first-order valence-electron chi connectivity index (χ1n) is 10.6. The maximum Gasteiger partial charge on any atom is 0.407 e. The third-order valence-corrected chi connectivity index (χ3v) is 4.77. The van der Waals surface area contributed by atoms with Crippen molar-refractivity contribution in [1.29, 1.82) is 0 Å². The lowest BCUT2D eigenvalue weighted by atomic mass is 10.1. The number of nitrogens with one attached hydrogen (secondary N) is 2. The summed E-state index contributed by atoms with van der Waals surface area (Å²) in [5, 5.41) is 14.7. The number of aliphatic carboxylic acids is 1. The molecule has 0 spiro atoms. The van der Waals surface area contributed by atoms with E-state index in [1.54, 1.807) is 31.4 Å². The highest BCUT2D eigenvalue weighted by atomic mass is 16.5. The van der Waals surface area contributed by atoms with Crippen LogP contribution >= 0.6 is 0 Å². The normalized spacial score (nSPS) is 11.3. The Hall–Kier alpha value is -3.55. The van der Waals surface area contributed by atoms with Gasteiger partial charge < -0.3 is 25.2 Å². The monoisotopic (exact) mass is 442 g/mol. The van der Waals surface area contributed by atoms with Crippen molar-refractivity contribution in [2.45, 2.75) is 44.8 Å². The van der Waals surface area contributed by atoms with Crippen LogP contribution in [0.4, 0.5) is 4.79 Å². The zero-order valence-electron chi connectivity index (χ0n) is 18.2. The molecule has 0 aliphatic heterocycles. The lowest BCUT2D eigenvalue weighted by molar-refractivity contribution is -0.141. The second kappa shape index (κ2) is 13.7. The van der Waals surface area contributed by atoms with E-state index < -0.39 is 18.1 Å². The number of carboxylic acids is 1. The number of carbonyl (C=O) groups is 3. The minimum absolute atomic E-state index is 0.174. The SMILES string of the molecule is COc1cccc(C[C@H](NC(=O)CCCCCNC(=O)OCc2ccccc2)C(=O)O)c1. The van der Waals surface area contributed by atoms with Crippen LogP contribution in [0.15, 0.2) is 54.6 Å². The van der Waals surface area contributed by atoms with Crippen LogP contribution in [-0.2, 0) is 27.4 Å². The van der Waals surface area contributed by atoms with E-state index in [2.05, 4.69) is 10.6 Å². The number of rotatable bonds is 13. The first-order valence-corrected chi connectivity index (χ1v) is 10.6. The number of carbonyl (C=O) groups excluding carboxylic acids is 2. The smallest absolute Gasteiger partial charge is 0.407 e. The topological polar surface area (TPSA) is 114 Å². The highest BCUT2D eigenvalue weighted by Gasteiger charge is 2.20. The molecule has 8 nitrogen and oxygen atoms in total. The van der Waals surface area contributed by atoms with Gasteiger partial charge in [0.15, 0.2) is 0 Å². The molecule has 0 fully saturated rings. The summed E-state index contributed by atoms with van der Waals surface area (Å²) in [7, 11) is 1.54. The molecule has 32 heavy (non-hydrogen) atoms. The number of benzene rings is 2. The van der Waals surface area contributed by atoms with E-state index >= 15 is 0 Å². The van der Waals surface area contributed by atoms with Crippen molar-refractivity contribution in [3.8, 4) is 5.75 Å². The maximum atomic E-state index is 12.1. The zero-order valence-corrected chi connectivity index (χ0v) is 18.2. The van der Waals surface area contributed by atoms with Gasteiger partial charge in [-0.05, 0) is 36.1 Å². The van der Waals surface area contributed by atoms with Crippen LogP contribution in [0.25, 0.3) is 0 Å². The second-order valence-corrected chi connectivity index (χ2v) is 7.31. The predicted molar refractivity (Wildman–Crippen MR) is 119 cm³/mol. The van der Waals surface area contributed by atoms with Gasteiger partial charge in [-0.25, -0.2) is 9.59 Å². The Morgan fingerprint density at radius 2 is 1.72 bits per heavy atom. The molecule has 0 aliphatic rings. The molecule has 2 aromatic rings. The highest BCUT2D eigenvalue weighted by Crippen LogP contribution is 2.14. The molecule has 0 heterocycles. The summed E-state index contributed by atoms with van der Waals surface area (Å²) in [5.74, 6) is -0.759. The summed E-state index contributed by atoms with van der Waals surface area (Å²) < 4.78 is 10.3. The quantitative estimate of drug-likeness (QED) is 0.410. The number of hydrogen-bond donors (Lipinski definition) is 3. The molecule has 2 rings (SSSR count). The van der Waals surface area contributed by atoms with E-state index in [1.807, 2.05) is 30.3 Å². The summed E-state index contributed by atoms with van der Waals surface area (Å²) in [6.45, 7) is 0.663.